The molecule has 5 nitrogen and oxygen atoms in total. The van der Waals surface area contributed by atoms with Crippen LogP contribution in [0.2, 0.25) is 0 Å². The summed E-state index contributed by atoms with van der Waals surface area (Å²) in [5.41, 5.74) is 6.43. The molecule has 0 radical (unpaired) electrons. The zero-order chi connectivity index (χ0) is 16.1. The van der Waals surface area contributed by atoms with Gasteiger partial charge in [-0.2, -0.15) is 0 Å². The molecule has 2 aromatic rings. The van der Waals surface area contributed by atoms with Crippen molar-refractivity contribution in [3.63, 3.8) is 0 Å². The van der Waals surface area contributed by atoms with E-state index in [0.29, 0.717) is 10.7 Å². The van der Waals surface area contributed by atoms with Crippen molar-refractivity contribution in [3.8, 4) is 0 Å². The van der Waals surface area contributed by atoms with Crippen LogP contribution in [0, 0.1) is 12.7 Å². The van der Waals surface area contributed by atoms with Crippen molar-refractivity contribution in [1.82, 2.24) is 4.98 Å². The van der Waals surface area contributed by atoms with Gasteiger partial charge in [-0.05, 0) is 24.6 Å². The van der Waals surface area contributed by atoms with Crippen LogP contribution in [0.5, 0.6) is 0 Å². The average Bonchev–Trinajstić information content (AvgIpc) is 2.76. The Labute approximate surface area is 135 Å². The molecule has 0 aliphatic carbocycles. The first-order chi connectivity index (χ1) is 10.4. The first kappa shape index (κ1) is 16.4. The molecule has 8 heteroatoms. The fourth-order valence-electron chi connectivity index (χ4n) is 1.70. The maximum absolute atomic E-state index is 13.1. The van der Waals surface area contributed by atoms with Crippen LogP contribution in [-0.4, -0.2) is 22.6 Å². The van der Waals surface area contributed by atoms with E-state index in [2.05, 4.69) is 10.3 Å². The Morgan fingerprint density at radius 2 is 2.23 bits per heavy atom. The van der Waals surface area contributed by atoms with Crippen molar-refractivity contribution in [3.05, 3.63) is 41.3 Å². The number of halogens is 1. The van der Waals surface area contributed by atoms with Crippen LogP contribution >= 0.6 is 23.1 Å². The third-order valence-electron chi connectivity index (χ3n) is 2.60. The Hall–Kier alpha value is -1.93. The highest BCUT2D eigenvalue weighted by atomic mass is 32.2. The number of benzene rings is 1. The summed E-state index contributed by atoms with van der Waals surface area (Å²) in [4.78, 5) is 26.9. The summed E-state index contributed by atoms with van der Waals surface area (Å²) in [6.45, 7) is 1.79. The van der Waals surface area contributed by atoms with E-state index in [1.54, 1.807) is 19.1 Å². The molecule has 0 fully saturated rings. The van der Waals surface area contributed by atoms with Gasteiger partial charge in [-0.25, -0.2) is 9.37 Å². The van der Waals surface area contributed by atoms with E-state index in [0.717, 1.165) is 9.90 Å². The maximum atomic E-state index is 13.1. The van der Waals surface area contributed by atoms with Crippen molar-refractivity contribution in [1.29, 1.82) is 0 Å². The van der Waals surface area contributed by atoms with E-state index in [4.69, 9.17) is 5.73 Å². The summed E-state index contributed by atoms with van der Waals surface area (Å²) in [6, 6.07) is 5.89. The summed E-state index contributed by atoms with van der Waals surface area (Å²) in [5, 5.41) is 3.13. The molecule has 1 aromatic carbocycles. The second kappa shape index (κ2) is 7.37. The van der Waals surface area contributed by atoms with Gasteiger partial charge < -0.3 is 11.1 Å². The van der Waals surface area contributed by atoms with Crippen LogP contribution in [0.1, 0.15) is 11.3 Å². The Morgan fingerprint density at radius 1 is 1.45 bits per heavy atom. The molecule has 3 N–H and O–H groups in total. The minimum Gasteiger partial charge on any atom is -0.369 e. The van der Waals surface area contributed by atoms with E-state index in [1.165, 1.54) is 35.2 Å². The number of aromatic nitrogens is 1. The molecule has 116 valence electrons. The van der Waals surface area contributed by atoms with Gasteiger partial charge in [-0.1, -0.05) is 23.5 Å². The number of carbonyl (C=O) groups excluding carboxylic acids is 2. The van der Waals surface area contributed by atoms with Gasteiger partial charge in [0.15, 0.2) is 5.13 Å². The molecular formula is C14H14FN3O2S2. The number of aryl methyl sites for hydroxylation is 1. The van der Waals surface area contributed by atoms with E-state index in [9.17, 15) is 14.0 Å². The SMILES string of the molecule is Cc1nc(NC(=O)Cc2cccc(F)c2)sc1SCC(N)=O. The van der Waals surface area contributed by atoms with E-state index < -0.39 is 5.91 Å². The summed E-state index contributed by atoms with van der Waals surface area (Å²) in [5.74, 6) is -0.888. The molecule has 0 aliphatic heterocycles. The highest BCUT2D eigenvalue weighted by molar-refractivity contribution is 8.01. The van der Waals surface area contributed by atoms with E-state index >= 15 is 0 Å². The van der Waals surface area contributed by atoms with Gasteiger partial charge in [0.05, 0.1) is 22.1 Å². The van der Waals surface area contributed by atoms with Gasteiger partial charge in [0.2, 0.25) is 11.8 Å². The van der Waals surface area contributed by atoms with Gasteiger partial charge in [-0.15, -0.1) is 11.8 Å². The molecular weight excluding hydrogens is 325 g/mol. The number of thioether (sulfide) groups is 1. The molecule has 0 spiro atoms. The zero-order valence-corrected chi connectivity index (χ0v) is 13.4. The molecule has 0 saturated carbocycles. The Morgan fingerprint density at radius 3 is 2.91 bits per heavy atom. The van der Waals surface area contributed by atoms with Crippen molar-refractivity contribution in [2.45, 2.75) is 17.6 Å². The molecule has 22 heavy (non-hydrogen) atoms. The van der Waals surface area contributed by atoms with Crippen molar-refractivity contribution >= 4 is 40.0 Å². The van der Waals surface area contributed by atoms with Gasteiger partial charge in [0.1, 0.15) is 5.82 Å². The number of carbonyl (C=O) groups is 2. The first-order valence-corrected chi connectivity index (χ1v) is 8.17. The lowest BCUT2D eigenvalue weighted by Crippen LogP contribution is -2.14. The lowest BCUT2D eigenvalue weighted by atomic mass is 10.1. The number of primary amides is 1. The fourth-order valence-corrected chi connectivity index (χ4v) is 3.60. The molecule has 2 amide bonds. The normalized spacial score (nSPS) is 10.5. The smallest absolute Gasteiger partial charge is 0.230 e. The third-order valence-corrected chi connectivity index (χ3v) is 5.06. The van der Waals surface area contributed by atoms with Gasteiger partial charge in [0.25, 0.3) is 0 Å². The number of rotatable bonds is 6. The quantitative estimate of drug-likeness (QED) is 0.791. The summed E-state index contributed by atoms with van der Waals surface area (Å²) >= 11 is 2.57. The Bertz CT molecular complexity index is 703. The van der Waals surface area contributed by atoms with Crippen molar-refractivity contribution < 1.29 is 14.0 Å². The largest absolute Gasteiger partial charge is 0.369 e. The zero-order valence-electron chi connectivity index (χ0n) is 11.8. The minimum atomic E-state index is -0.408. The molecule has 2 rings (SSSR count). The molecule has 1 heterocycles. The molecule has 0 bridgehead atoms. The van der Waals surface area contributed by atoms with E-state index in [-0.39, 0.29) is 23.9 Å². The number of amides is 2. The van der Waals surface area contributed by atoms with Gasteiger partial charge >= 0.3 is 0 Å². The highest BCUT2D eigenvalue weighted by Crippen LogP contribution is 2.31. The number of nitrogens with one attached hydrogen (secondary N) is 1. The van der Waals surface area contributed by atoms with Crippen molar-refractivity contribution in [2.75, 3.05) is 11.1 Å². The molecule has 0 saturated heterocycles. The summed E-state index contributed by atoms with van der Waals surface area (Å²) in [7, 11) is 0. The van der Waals surface area contributed by atoms with Crippen LogP contribution in [0.25, 0.3) is 0 Å². The van der Waals surface area contributed by atoms with Crippen LogP contribution in [-0.2, 0) is 16.0 Å². The number of nitrogens with two attached hydrogens (primary N) is 1. The van der Waals surface area contributed by atoms with Gasteiger partial charge in [0, 0.05) is 0 Å². The number of anilines is 1. The number of nitrogens with zero attached hydrogens (tertiary/aromatic N) is 1. The Kier molecular flexibility index (Phi) is 5.51. The Balaban J connectivity index is 1.97. The molecule has 0 aliphatic rings. The standard InChI is InChI=1S/C14H14FN3O2S2/c1-8-13(21-7-11(16)19)22-14(17-8)18-12(20)6-9-3-2-4-10(15)5-9/h2-5H,6-7H2,1H3,(H2,16,19)(H,17,18,20). The summed E-state index contributed by atoms with van der Waals surface area (Å²) in [6.07, 6.45) is 0.0696. The number of hydrogen-bond donors (Lipinski definition) is 2. The van der Waals surface area contributed by atoms with Crippen LogP contribution in [0.15, 0.2) is 28.5 Å². The van der Waals surface area contributed by atoms with Crippen LogP contribution < -0.4 is 11.1 Å². The topological polar surface area (TPSA) is 85.1 Å². The first-order valence-electron chi connectivity index (χ1n) is 6.37. The predicted octanol–water partition coefficient (Wildman–Crippen LogP) is 2.35. The second-order valence-electron chi connectivity index (χ2n) is 4.50. The average molecular weight is 339 g/mol. The van der Waals surface area contributed by atoms with Crippen LogP contribution in [0.4, 0.5) is 9.52 Å². The van der Waals surface area contributed by atoms with Crippen molar-refractivity contribution in [2.24, 2.45) is 5.73 Å². The molecule has 1 aromatic heterocycles. The molecule has 0 atom stereocenters. The lowest BCUT2D eigenvalue weighted by molar-refractivity contribution is -0.116. The number of thiazole rings is 1. The second-order valence-corrected chi connectivity index (χ2v) is 6.74. The monoisotopic (exact) mass is 339 g/mol. The maximum Gasteiger partial charge on any atom is 0.230 e. The minimum absolute atomic E-state index is 0.0696. The highest BCUT2D eigenvalue weighted by Gasteiger charge is 2.12. The third kappa shape index (κ3) is 4.81. The van der Waals surface area contributed by atoms with E-state index in [1.807, 2.05) is 0 Å². The predicted molar refractivity (Wildman–Crippen MR) is 85.5 cm³/mol. The fraction of sp³-hybridized carbons (Fsp3) is 0.214. The van der Waals surface area contributed by atoms with Gasteiger partial charge in [-0.3, -0.25) is 9.59 Å². The lowest BCUT2D eigenvalue weighted by Gasteiger charge is -2.02. The summed E-state index contributed by atoms with van der Waals surface area (Å²) < 4.78 is 13.9. The number of hydrogen-bond acceptors (Lipinski definition) is 5. The molecule has 0 unspecified atom stereocenters. The van der Waals surface area contributed by atoms with Crippen LogP contribution in [0.3, 0.4) is 0 Å².